The van der Waals surface area contributed by atoms with Gasteiger partial charge in [-0.25, -0.2) is 9.97 Å². The van der Waals surface area contributed by atoms with Crippen molar-refractivity contribution in [2.24, 2.45) is 0 Å². The molecular weight excluding hydrogens is 1090 g/mol. The van der Waals surface area contributed by atoms with Crippen LogP contribution in [0.3, 0.4) is 0 Å². The third-order valence-electron chi connectivity index (χ3n) is 17.1. The second kappa shape index (κ2) is 25.7. The summed E-state index contributed by atoms with van der Waals surface area (Å²) in [6.45, 7) is 22.4. The smallest absolute Gasteiger partial charge is 0.243 e. The van der Waals surface area contributed by atoms with E-state index < -0.39 is 0 Å². The first kappa shape index (κ1) is 58.7. The molecule has 0 unspecified atom stereocenters. The van der Waals surface area contributed by atoms with Gasteiger partial charge in [-0.1, -0.05) is 93.7 Å². The van der Waals surface area contributed by atoms with Gasteiger partial charge in [0.25, 0.3) is 0 Å². The van der Waals surface area contributed by atoms with Crippen LogP contribution in [-0.2, 0) is 0 Å². The molecule has 10 heteroatoms. The van der Waals surface area contributed by atoms with Crippen LogP contribution >= 0.6 is 0 Å². The van der Waals surface area contributed by atoms with Crippen molar-refractivity contribution in [1.82, 2.24) is 44.9 Å². The molecule has 0 amide bonds. The Morgan fingerprint density at radius 3 is 0.708 bits per heavy atom. The zero-order valence-electron chi connectivity index (χ0n) is 52.0. The van der Waals surface area contributed by atoms with Crippen LogP contribution in [0.5, 0.6) is 0 Å². The predicted molar refractivity (Wildman–Crippen MR) is 367 cm³/mol. The van der Waals surface area contributed by atoms with Gasteiger partial charge in [0.15, 0.2) is 0 Å². The van der Waals surface area contributed by atoms with Crippen LogP contribution in [0.2, 0.25) is 0 Å². The van der Waals surface area contributed by atoms with Crippen LogP contribution in [0, 0.1) is 69.2 Å². The highest BCUT2D eigenvalue weighted by atomic mass is 14.9. The average Bonchev–Trinajstić information content (AvgIpc) is 0.820. The van der Waals surface area contributed by atoms with Gasteiger partial charge in [0.1, 0.15) is 5.82 Å². The Morgan fingerprint density at radius 2 is 0.472 bits per heavy atom. The lowest BCUT2D eigenvalue weighted by atomic mass is 9.32. The van der Waals surface area contributed by atoms with E-state index in [0.717, 1.165) is 83.7 Å². The molecule has 0 saturated carbocycles. The second-order valence-electron chi connectivity index (χ2n) is 23.2. The van der Waals surface area contributed by atoms with Crippen LogP contribution in [0.15, 0.2) is 232 Å². The van der Waals surface area contributed by atoms with Crippen LogP contribution < -0.4 is 16.4 Å². The van der Waals surface area contributed by atoms with Gasteiger partial charge in [-0.15, -0.1) is 0 Å². The molecule has 0 atom stereocenters. The van der Waals surface area contributed by atoms with E-state index in [4.69, 9.17) is 9.97 Å². The molecule has 432 valence electrons. The van der Waals surface area contributed by atoms with E-state index in [1.54, 1.807) is 24.8 Å². The summed E-state index contributed by atoms with van der Waals surface area (Å²) < 4.78 is 0. The molecule has 0 aliphatic rings. The van der Waals surface area contributed by atoms with E-state index in [-0.39, 0.29) is 6.71 Å². The van der Waals surface area contributed by atoms with E-state index in [0.29, 0.717) is 5.82 Å². The molecular formula is C79H68BN9. The molecule has 13 rings (SSSR count). The summed E-state index contributed by atoms with van der Waals surface area (Å²) in [7, 11) is 0. The molecule has 0 aliphatic carbocycles. The van der Waals surface area contributed by atoms with Crippen molar-refractivity contribution in [3.8, 4) is 100 Å². The number of hydrogen-bond donors (Lipinski definition) is 0. The first-order chi connectivity index (χ1) is 43.3. The van der Waals surface area contributed by atoms with Gasteiger partial charge in [0, 0.05) is 137 Å². The van der Waals surface area contributed by atoms with Gasteiger partial charge in [-0.2, -0.15) is 0 Å². The zero-order valence-corrected chi connectivity index (χ0v) is 52.0. The minimum absolute atomic E-state index is 0.00284. The first-order valence-electron chi connectivity index (χ1n) is 30.1. The minimum atomic E-state index is 0.00284. The number of nitrogens with zero attached hydrogens (tertiary/aromatic N) is 9. The van der Waals surface area contributed by atoms with E-state index in [9.17, 15) is 0 Å². The van der Waals surface area contributed by atoms with Crippen molar-refractivity contribution in [2.45, 2.75) is 69.2 Å². The van der Waals surface area contributed by atoms with Gasteiger partial charge in [-0.05, 0) is 226 Å². The lowest BCUT2D eigenvalue weighted by Crippen LogP contribution is -2.58. The molecule has 0 radical (unpaired) electrons. The lowest BCUT2D eigenvalue weighted by molar-refractivity contribution is 1.06. The maximum atomic E-state index is 4.90. The monoisotopic (exact) mass is 1150 g/mol. The molecule has 0 N–H and O–H groups in total. The Morgan fingerprint density at radius 1 is 0.236 bits per heavy atom. The molecule has 9 nitrogen and oxygen atoms in total. The molecule has 0 aliphatic heterocycles. The van der Waals surface area contributed by atoms with Crippen LogP contribution in [0.25, 0.3) is 100 Å². The Hall–Kier alpha value is -10.7. The Kier molecular flexibility index (Phi) is 16.9. The molecule has 89 heavy (non-hydrogen) atoms. The van der Waals surface area contributed by atoms with Gasteiger partial charge >= 0.3 is 0 Å². The van der Waals surface area contributed by atoms with Gasteiger partial charge < -0.3 is 0 Å². The highest BCUT2D eigenvalue weighted by molar-refractivity contribution is 6.97. The number of aromatic nitrogens is 9. The number of benzene rings is 5. The third kappa shape index (κ3) is 12.2. The normalized spacial score (nSPS) is 11.0. The van der Waals surface area contributed by atoms with Crippen molar-refractivity contribution in [1.29, 1.82) is 0 Å². The fourth-order valence-corrected chi connectivity index (χ4v) is 13.4. The highest BCUT2D eigenvalue weighted by Gasteiger charge is 2.34. The summed E-state index contributed by atoms with van der Waals surface area (Å²) in [6, 6.07) is 50.9. The fraction of sp³-hybridized carbons (Fsp3) is 0.127. The largest absolute Gasteiger partial charge is 0.264 e. The molecule has 0 saturated heterocycles. The maximum Gasteiger partial charge on any atom is 0.243 e. The number of pyridine rings is 7. The molecule has 13 aromatic rings. The molecule has 0 spiro atoms. The molecule has 0 bridgehead atoms. The number of aryl methyl sites for hydroxylation is 7. The standard InChI is InChI=1S/C42H42BN3.C37H26N6/c1-25-19-28(4)40(31(7)37(25)34-13-10-16-44-22-34)43(41-29(5)20-26(2)38(32(41)8)35-14-11-17-45-23-35)42-30(6)21-27(3)39(33(42)9)36-15-12-18-46-24-36;1-25-42-36(34-16-30(26-6-2-10-38-21-26)14-31(17-34)27-7-3-11-39-22-27)20-37(43-25)35-18-32(28-8-4-12-40-23-28)15-33(19-35)29-9-5-13-41-24-29/h10-24H,1-9H3;2-24H,1H3. The van der Waals surface area contributed by atoms with Crippen molar-refractivity contribution < 1.29 is 0 Å². The molecule has 8 aromatic heterocycles. The summed E-state index contributed by atoms with van der Waals surface area (Å²) in [4.78, 5) is 40.7. The van der Waals surface area contributed by atoms with Crippen LogP contribution in [0.1, 0.15) is 55.9 Å². The quantitative estimate of drug-likeness (QED) is 0.110. The van der Waals surface area contributed by atoms with Gasteiger partial charge in [-0.3, -0.25) is 34.9 Å². The molecule has 8 heterocycles. The summed E-state index contributed by atoms with van der Waals surface area (Å²) in [6.07, 6.45) is 26.2. The summed E-state index contributed by atoms with van der Waals surface area (Å²) in [5, 5.41) is 0. The minimum Gasteiger partial charge on any atom is -0.264 e. The summed E-state index contributed by atoms with van der Waals surface area (Å²) in [5.41, 5.74) is 35.0. The predicted octanol–water partition coefficient (Wildman–Crippen LogP) is 16.5. The topological polar surface area (TPSA) is 116 Å². The Bertz CT molecular complexity index is 4180. The van der Waals surface area contributed by atoms with Gasteiger partial charge in [0.2, 0.25) is 6.71 Å². The van der Waals surface area contributed by atoms with Crippen LogP contribution in [-0.4, -0.2) is 51.6 Å². The highest BCUT2D eigenvalue weighted by Crippen LogP contribution is 2.37. The lowest BCUT2D eigenvalue weighted by Gasteiger charge is -2.31. The molecule has 0 fully saturated rings. The van der Waals surface area contributed by atoms with Crippen LogP contribution in [0.4, 0.5) is 0 Å². The van der Waals surface area contributed by atoms with Crippen molar-refractivity contribution in [3.63, 3.8) is 0 Å². The summed E-state index contributed by atoms with van der Waals surface area (Å²) in [5.74, 6) is 0.692. The van der Waals surface area contributed by atoms with Gasteiger partial charge in [0.05, 0.1) is 11.4 Å². The number of rotatable bonds is 12. The zero-order chi connectivity index (χ0) is 61.7. The maximum absolute atomic E-state index is 4.90. The molecule has 5 aromatic carbocycles. The average molecular weight is 1150 g/mol. The SMILES string of the molecule is Cc1cc(C)c(-c2cccnc2)c(C)c1B(c1c(C)cc(C)c(-c2cccnc2)c1C)c1c(C)cc(C)c(-c2cccnc2)c1C.Cc1nc(-c2cc(-c3cccnc3)cc(-c3cccnc3)c2)cc(-c2cc(-c3cccnc3)cc(-c3cccnc3)c2)n1. The first-order valence-corrected chi connectivity index (χ1v) is 30.1. The number of hydrogen-bond acceptors (Lipinski definition) is 9. The fourth-order valence-electron chi connectivity index (χ4n) is 13.4. The van der Waals surface area contributed by atoms with Crippen molar-refractivity contribution in [3.05, 3.63) is 288 Å². The van der Waals surface area contributed by atoms with Crippen molar-refractivity contribution in [2.75, 3.05) is 0 Å². The Labute approximate surface area is 523 Å². The van der Waals surface area contributed by atoms with E-state index in [1.807, 2.05) is 111 Å². The van der Waals surface area contributed by atoms with E-state index in [1.165, 1.54) is 83.1 Å². The Balaban J connectivity index is 0.000000173. The summed E-state index contributed by atoms with van der Waals surface area (Å²) >= 11 is 0. The van der Waals surface area contributed by atoms with Crippen molar-refractivity contribution >= 4 is 23.1 Å². The third-order valence-corrected chi connectivity index (χ3v) is 17.1. The second-order valence-corrected chi connectivity index (χ2v) is 23.2. The van der Waals surface area contributed by atoms with E-state index >= 15 is 0 Å². The van der Waals surface area contributed by atoms with E-state index in [2.05, 4.69) is 200 Å².